The number of fused-ring (bicyclic) bond motifs is 1. The summed E-state index contributed by atoms with van der Waals surface area (Å²) < 4.78 is 34.0. The summed E-state index contributed by atoms with van der Waals surface area (Å²) in [7, 11) is 0.280. The van der Waals surface area contributed by atoms with E-state index in [9.17, 15) is 4.21 Å². The largest absolute Gasteiger partial charge is 0.497 e. The summed E-state index contributed by atoms with van der Waals surface area (Å²) in [4.78, 5) is 0. The normalized spacial score (nSPS) is 19.0. The Morgan fingerprint density at radius 1 is 1.18 bits per heavy atom. The van der Waals surface area contributed by atoms with E-state index in [1.165, 1.54) is 0 Å². The van der Waals surface area contributed by atoms with E-state index in [4.69, 9.17) is 14.2 Å². The van der Waals surface area contributed by atoms with Crippen molar-refractivity contribution in [3.8, 4) is 11.5 Å². The fraction of sp³-hybridized carbons (Fsp3) is 0.409. The molecule has 1 unspecified atom stereocenters. The van der Waals surface area contributed by atoms with Crippen LogP contribution in [-0.2, 0) is 22.3 Å². The predicted octanol–water partition coefficient (Wildman–Crippen LogP) is 4.31. The summed E-state index contributed by atoms with van der Waals surface area (Å²) in [5, 5.41) is 0. The molecule has 1 heterocycles. The Labute approximate surface area is 169 Å². The standard InChI is InChI=1S/C22H27NO4S/c1-22(2,3)28(24)23-20-12-18(15-26-14-16-8-6-5-7-9-16)27-21-13-17(25-4)10-11-19(20)21/h5-11,13,18H,12,14-15H2,1-4H3/b23-20+/t18-,28?/m0/s1. The highest BCUT2D eigenvalue weighted by Crippen LogP contribution is 2.32. The van der Waals surface area contributed by atoms with E-state index in [1.54, 1.807) is 7.11 Å². The molecule has 3 rings (SSSR count). The SMILES string of the molecule is COc1ccc2c(c1)O[C@H](COCc1ccccc1)C/C2=N\S(=O)C(C)(C)C. The maximum atomic E-state index is 12.6. The molecule has 2 atom stereocenters. The van der Waals surface area contributed by atoms with Gasteiger partial charge in [0.05, 0.1) is 30.8 Å². The molecule has 2 aromatic carbocycles. The lowest BCUT2D eigenvalue weighted by atomic mass is 10.00. The maximum Gasteiger partial charge on any atom is 0.145 e. The highest BCUT2D eigenvalue weighted by atomic mass is 32.2. The first-order valence-corrected chi connectivity index (χ1v) is 10.4. The number of methoxy groups -OCH3 is 1. The Hall–Kier alpha value is -2.18. The number of nitrogens with zero attached hydrogens (tertiary/aromatic N) is 1. The fourth-order valence-electron chi connectivity index (χ4n) is 2.81. The molecule has 2 aromatic rings. The molecule has 0 aromatic heterocycles. The van der Waals surface area contributed by atoms with Gasteiger partial charge in [-0.25, -0.2) is 4.21 Å². The average molecular weight is 402 g/mol. The van der Waals surface area contributed by atoms with Gasteiger partial charge in [0, 0.05) is 18.1 Å². The Morgan fingerprint density at radius 3 is 2.61 bits per heavy atom. The molecule has 0 saturated heterocycles. The van der Waals surface area contributed by atoms with Gasteiger partial charge in [0.25, 0.3) is 0 Å². The molecule has 1 aliphatic rings. The second kappa shape index (κ2) is 8.88. The summed E-state index contributed by atoms with van der Waals surface area (Å²) in [6.07, 6.45) is 0.356. The van der Waals surface area contributed by atoms with E-state index in [-0.39, 0.29) is 6.10 Å². The first-order chi connectivity index (χ1) is 13.4. The van der Waals surface area contributed by atoms with Crippen molar-refractivity contribution in [1.29, 1.82) is 0 Å². The summed E-state index contributed by atoms with van der Waals surface area (Å²) >= 11 is 0. The van der Waals surface area contributed by atoms with E-state index in [1.807, 2.05) is 69.3 Å². The lowest BCUT2D eigenvalue weighted by Gasteiger charge is -2.28. The van der Waals surface area contributed by atoms with Gasteiger partial charge in [0.1, 0.15) is 28.6 Å². The van der Waals surface area contributed by atoms with Crippen molar-refractivity contribution in [3.63, 3.8) is 0 Å². The second-order valence-corrected chi connectivity index (χ2v) is 9.61. The number of rotatable bonds is 6. The molecular weight excluding hydrogens is 374 g/mol. The van der Waals surface area contributed by atoms with Crippen LogP contribution in [0.25, 0.3) is 0 Å². The van der Waals surface area contributed by atoms with Gasteiger partial charge >= 0.3 is 0 Å². The summed E-state index contributed by atoms with van der Waals surface area (Å²) in [6.45, 7) is 6.70. The molecule has 0 amide bonds. The molecule has 150 valence electrons. The molecule has 28 heavy (non-hydrogen) atoms. The monoisotopic (exact) mass is 401 g/mol. The number of ether oxygens (including phenoxy) is 3. The molecule has 0 fully saturated rings. The van der Waals surface area contributed by atoms with Gasteiger partial charge in [0.2, 0.25) is 0 Å². The minimum absolute atomic E-state index is 0.195. The molecule has 5 nitrogen and oxygen atoms in total. The van der Waals surface area contributed by atoms with Crippen LogP contribution in [0.5, 0.6) is 11.5 Å². The van der Waals surface area contributed by atoms with Crippen molar-refractivity contribution in [3.05, 3.63) is 59.7 Å². The van der Waals surface area contributed by atoms with Gasteiger partial charge in [-0.05, 0) is 38.5 Å². The van der Waals surface area contributed by atoms with Crippen molar-refractivity contribution in [1.82, 2.24) is 0 Å². The first-order valence-electron chi connectivity index (χ1n) is 9.33. The third-order valence-corrected chi connectivity index (χ3v) is 5.78. The minimum atomic E-state index is -1.34. The number of hydrogen-bond donors (Lipinski definition) is 0. The van der Waals surface area contributed by atoms with E-state index in [2.05, 4.69) is 4.40 Å². The lowest BCUT2D eigenvalue weighted by Crippen LogP contribution is -2.32. The molecular formula is C22H27NO4S. The molecule has 0 spiro atoms. The van der Waals surface area contributed by atoms with Gasteiger partial charge in [0.15, 0.2) is 0 Å². The highest BCUT2D eigenvalue weighted by Gasteiger charge is 2.28. The van der Waals surface area contributed by atoms with Gasteiger partial charge in [-0.1, -0.05) is 30.3 Å². The Morgan fingerprint density at radius 2 is 1.93 bits per heavy atom. The van der Waals surface area contributed by atoms with Crippen molar-refractivity contribution >= 4 is 16.7 Å². The van der Waals surface area contributed by atoms with E-state index in [0.717, 1.165) is 16.8 Å². The molecule has 6 heteroatoms. The number of hydrogen-bond acceptors (Lipinski definition) is 4. The predicted molar refractivity (Wildman–Crippen MR) is 113 cm³/mol. The van der Waals surface area contributed by atoms with Crippen LogP contribution in [-0.4, -0.2) is 34.5 Å². The Balaban J connectivity index is 1.78. The van der Waals surface area contributed by atoms with Crippen molar-refractivity contribution in [2.45, 2.75) is 44.6 Å². The molecule has 0 saturated carbocycles. The topological polar surface area (TPSA) is 57.1 Å². The van der Waals surface area contributed by atoms with Crippen LogP contribution in [0.3, 0.4) is 0 Å². The average Bonchev–Trinajstić information content (AvgIpc) is 2.67. The minimum Gasteiger partial charge on any atom is -0.497 e. The quantitative estimate of drug-likeness (QED) is 0.724. The molecule has 0 radical (unpaired) electrons. The molecule has 0 N–H and O–H groups in total. The lowest BCUT2D eigenvalue weighted by molar-refractivity contribution is 0.0420. The zero-order chi connectivity index (χ0) is 20.1. The zero-order valence-corrected chi connectivity index (χ0v) is 17.6. The smallest absolute Gasteiger partial charge is 0.145 e. The zero-order valence-electron chi connectivity index (χ0n) is 16.8. The first kappa shape index (κ1) is 20.6. The van der Waals surface area contributed by atoms with Crippen LogP contribution in [0, 0.1) is 0 Å². The van der Waals surface area contributed by atoms with Crippen LogP contribution in [0.4, 0.5) is 0 Å². The number of benzene rings is 2. The third-order valence-electron chi connectivity index (χ3n) is 4.35. The van der Waals surface area contributed by atoms with E-state index in [0.29, 0.717) is 31.1 Å². The van der Waals surface area contributed by atoms with Crippen LogP contribution in [0.1, 0.15) is 38.3 Å². The molecule has 0 aliphatic carbocycles. The van der Waals surface area contributed by atoms with Crippen LogP contribution < -0.4 is 9.47 Å². The van der Waals surface area contributed by atoms with E-state index < -0.39 is 15.7 Å². The van der Waals surface area contributed by atoms with Gasteiger partial charge in [-0.3, -0.25) is 0 Å². The summed E-state index contributed by atoms with van der Waals surface area (Å²) in [5.41, 5.74) is 2.76. The van der Waals surface area contributed by atoms with Crippen molar-refractivity contribution in [2.24, 2.45) is 4.40 Å². The van der Waals surface area contributed by atoms with Crippen LogP contribution >= 0.6 is 0 Å². The molecule has 0 bridgehead atoms. The third kappa shape index (κ3) is 5.20. The van der Waals surface area contributed by atoms with Crippen LogP contribution in [0.2, 0.25) is 0 Å². The second-order valence-electron chi connectivity index (χ2n) is 7.71. The van der Waals surface area contributed by atoms with Crippen LogP contribution in [0.15, 0.2) is 52.9 Å². The van der Waals surface area contributed by atoms with Gasteiger partial charge in [-0.15, -0.1) is 0 Å². The van der Waals surface area contributed by atoms with E-state index >= 15 is 0 Å². The van der Waals surface area contributed by atoms with Crippen molar-refractivity contribution in [2.75, 3.05) is 13.7 Å². The van der Waals surface area contributed by atoms with Gasteiger partial charge < -0.3 is 14.2 Å². The molecule has 1 aliphatic heterocycles. The summed E-state index contributed by atoms with van der Waals surface area (Å²) in [5.74, 6) is 1.39. The Kier molecular flexibility index (Phi) is 6.52. The van der Waals surface area contributed by atoms with Crippen molar-refractivity contribution < 1.29 is 18.4 Å². The Bertz CT molecular complexity index is 859. The maximum absolute atomic E-state index is 12.6. The van der Waals surface area contributed by atoms with Gasteiger partial charge in [-0.2, -0.15) is 4.40 Å². The highest BCUT2D eigenvalue weighted by molar-refractivity contribution is 7.85. The summed E-state index contributed by atoms with van der Waals surface area (Å²) in [6, 6.07) is 15.6. The fourth-order valence-corrected chi connectivity index (χ4v) is 3.46.